The maximum Gasteiger partial charge on any atom is 0.214 e. The van der Waals surface area contributed by atoms with Gasteiger partial charge in [0.1, 0.15) is 0 Å². The average molecular weight is 357 g/mol. The zero-order valence-electron chi connectivity index (χ0n) is 13.2. The molecule has 2 saturated heterocycles. The Bertz CT molecular complexity index is 642. The summed E-state index contributed by atoms with van der Waals surface area (Å²) in [7, 11) is -3.11. The molecule has 128 valence electrons. The van der Waals surface area contributed by atoms with E-state index in [0.717, 1.165) is 51.7 Å². The Hall–Kier alpha value is -0.470. The third-order valence-electron chi connectivity index (χ3n) is 5.17. The first kappa shape index (κ1) is 16.0. The number of nitrogens with one attached hydrogen (secondary N) is 1. The highest BCUT2D eigenvalue weighted by Crippen LogP contribution is 2.36. The standard InChI is InChI=1S/C16H24N2O3S2/c19-23(20,15-1-2-15)17-14-3-7-21-16(9-14)5-6-18(12-16)10-13-4-8-22-11-13/h4,8,11,14-15,17H,1-3,5-7,9-10,12H2/t14-,16-/m0/s1. The van der Waals surface area contributed by atoms with Crippen molar-refractivity contribution in [3.63, 3.8) is 0 Å². The lowest BCUT2D eigenvalue weighted by atomic mass is 9.90. The molecule has 1 saturated carbocycles. The second-order valence-corrected chi connectivity index (χ2v) is 9.95. The van der Waals surface area contributed by atoms with E-state index in [1.807, 2.05) is 0 Å². The minimum absolute atomic E-state index is 0.0375. The highest BCUT2D eigenvalue weighted by Gasteiger charge is 2.45. The van der Waals surface area contributed by atoms with Crippen molar-refractivity contribution in [3.8, 4) is 0 Å². The minimum Gasteiger partial charge on any atom is -0.373 e. The van der Waals surface area contributed by atoms with E-state index in [1.165, 1.54) is 5.56 Å². The Labute approximate surface area is 142 Å². The molecular weight excluding hydrogens is 332 g/mol. The van der Waals surface area contributed by atoms with Gasteiger partial charge in [-0.1, -0.05) is 0 Å². The summed E-state index contributed by atoms with van der Waals surface area (Å²) < 4.78 is 33.4. The van der Waals surface area contributed by atoms with Crippen LogP contribution in [0.3, 0.4) is 0 Å². The average Bonchev–Trinajstić information content (AvgIpc) is 3.15. The quantitative estimate of drug-likeness (QED) is 0.876. The van der Waals surface area contributed by atoms with Crippen LogP contribution in [0.1, 0.15) is 37.7 Å². The van der Waals surface area contributed by atoms with Gasteiger partial charge in [0, 0.05) is 32.3 Å². The van der Waals surface area contributed by atoms with E-state index in [9.17, 15) is 8.42 Å². The van der Waals surface area contributed by atoms with Crippen LogP contribution >= 0.6 is 11.3 Å². The number of rotatable bonds is 5. The molecule has 3 fully saturated rings. The topological polar surface area (TPSA) is 58.6 Å². The Morgan fingerprint density at radius 1 is 1.39 bits per heavy atom. The lowest BCUT2D eigenvalue weighted by Gasteiger charge is -2.38. The van der Waals surface area contributed by atoms with Gasteiger partial charge in [-0.3, -0.25) is 4.90 Å². The Morgan fingerprint density at radius 3 is 3.00 bits per heavy atom. The molecule has 1 aromatic heterocycles. The van der Waals surface area contributed by atoms with Gasteiger partial charge in [0.2, 0.25) is 10.0 Å². The van der Waals surface area contributed by atoms with Gasteiger partial charge >= 0.3 is 0 Å². The lowest BCUT2D eigenvalue weighted by Crippen LogP contribution is -2.50. The minimum atomic E-state index is -3.11. The summed E-state index contributed by atoms with van der Waals surface area (Å²) in [6.45, 7) is 3.56. The van der Waals surface area contributed by atoms with Crippen molar-refractivity contribution < 1.29 is 13.2 Å². The summed E-state index contributed by atoms with van der Waals surface area (Å²) in [5.74, 6) is 0. The molecule has 5 nitrogen and oxygen atoms in total. The smallest absolute Gasteiger partial charge is 0.214 e. The van der Waals surface area contributed by atoms with E-state index in [1.54, 1.807) is 11.3 Å². The largest absolute Gasteiger partial charge is 0.373 e. The summed E-state index contributed by atoms with van der Waals surface area (Å²) >= 11 is 1.73. The summed E-state index contributed by atoms with van der Waals surface area (Å²) in [4.78, 5) is 2.43. The Kier molecular flexibility index (Phi) is 4.26. The summed E-state index contributed by atoms with van der Waals surface area (Å²) in [5.41, 5.74) is 1.19. The van der Waals surface area contributed by atoms with E-state index in [0.29, 0.717) is 6.61 Å². The first-order valence-corrected chi connectivity index (χ1v) is 10.9. The van der Waals surface area contributed by atoms with Gasteiger partial charge in [-0.05, 0) is 54.5 Å². The maximum absolute atomic E-state index is 12.2. The van der Waals surface area contributed by atoms with E-state index in [2.05, 4.69) is 26.4 Å². The van der Waals surface area contributed by atoms with Gasteiger partial charge in [-0.15, -0.1) is 0 Å². The highest BCUT2D eigenvalue weighted by molar-refractivity contribution is 7.90. The fourth-order valence-electron chi connectivity index (χ4n) is 3.82. The Balaban J connectivity index is 1.37. The van der Waals surface area contributed by atoms with Crippen LogP contribution in [0, 0.1) is 0 Å². The van der Waals surface area contributed by atoms with Gasteiger partial charge in [-0.25, -0.2) is 13.1 Å². The van der Waals surface area contributed by atoms with E-state index in [4.69, 9.17) is 4.74 Å². The first-order valence-electron chi connectivity index (χ1n) is 8.43. The van der Waals surface area contributed by atoms with Crippen LogP contribution in [-0.4, -0.2) is 49.9 Å². The number of thiophene rings is 1. The monoisotopic (exact) mass is 356 g/mol. The number of hydrogen-bond acceptors (Lipinski definition) is 5. The number of sulfonamides is 1. The second kappa shape index (κ2) is 6.11. The third kappa shape index (κ3) is 3.64. The van der Waals surface area contributed by atoms with Crippen molar-refractivity contribution >= 4 is 21.4 Å². The molecule has 0 radical (unpaired) electrons. The fraction of sp³-hybridized carbons (Fsp3) is 0.750. The molecule has 2 aliphatic heterocycles. The first-order chi connectivity index (χ1) is 11.0. The zero-order chi connectivity index (χ0) is 15.9. The van der Waals surface area contributed by atoms with Crippen molar-refractivity contribution in [3.05, 3.63) is 22.4 Å². The van der Waals surface area contributed by atoms with Crippen LogP contribution < -0.4 is 4.72 Å². The van der Waals surface area contributed by atoms with Gasteiger partial charge in [0.05, 0.1) is 10.9 Å². The van der Waals surface area contributed by atoms with E-state index >= 15 is 0 Å². The van der Waals surface area contributed by atoms with E-state index in [-0.39, 0.29) is 16.9 Å². The van der Waals surface area contributed by atoms with Crippen LogP contribution in [0.4, 0.5) is 0 Å². The van der Waals surface area contributed by atoms with Crippen LogP contribution in [0.2, 0.25) is 0 Å². The zero-order valence-corrected chi connectivity index (χ0v) is 14.9. The lowest BCUT2D eigenvalue weighted by molar-refractivity contribution is -0.0779. The van der Waals surface area contributed by atoms with Crippen molar-refractivity contribution in [2.75, 3.05) is 19.7 Å². The maximum atomic E-state index is 12.2. The fourth-order valence-corrected chi connectivity index (χ4v) is 6.10. The predicted molar refractivity (Wildman–Crippen MR) is 91.0 cm³/mol. The van der Waals surface area contributed by atoms with Gasteiger partial charge in [0.15, 0.2) is 0 Å². The summed E-state index contributed by atoms with van der Waals surface area (Å²) in [6, 6.07) is 2.21. The molecule has 7 heteroatoms. The van der Waals surface area contributed by atoms with Crippen LogP contribution in [0.25, 0.3) is 0 Å². The van der Waals surface area contributed by atoms with E-state index < -0.39 is 10.0 Å². The highest BCUT2D eigenvalue weighted by atomic mass is 32.2. The molecule has 23 heavy (non-hydrogen) atoms. The number of nitrogens with zero attached hydrogens (tertiary/aromatic N) is 1. The molecular formula is C16H24N2O3S2. The van der Waals surface area contributed by atoms with Gasteiger partial charge in [-0.2, -0.15) is 11.3 Å². The predicted octanol–water partition coefficient (Wildman–Crippen LogP) is 1.95. The number of ether oxygens (including phenoxy) is 1. The van der Waals surface area contributed by atoms with Crippen molar-refractivity contribution in [1.82, 2.24) is 9.62 Å². The van der Waals surface area contributed by atoms with Crippen molar-refractivity contribution in [2.24, 2.45) is 0 Å². The molecule has 0 aromatic carbocycles. The molecule has 2 atom stereocenters. The van der Waals surface area contributed by atoms with Crippen LogP contribution in [0.5, 0.6) is 0 Å². The molecule has 1 aromatic rings. The molecule has 1 aliphatic carbocycles. The molecule has 3 heterocycles. The van der Waals surface area contributed by atoms with Crippen LogP contribution in [-0.2, 0) is 21.3 Å². The van der Waals surface area contributed by atoms with Crippen LogP contribution in [0.15, 0.2) is 16.8 Å². The Morgan fingerprint density at radius 2 is 2.26 bits per heavy atom. The molecule has 4 rings (SSSR count). The third-order valence-corrected chi connectivity index (χ3v) is 7.91. The molecule has 3 aliphatic rings. The molecule has 0 bridgehead atoms. The molecule has 0 amide bonds. The van der Waals surface area contributed by atoms with Gasteiger partial charge < -0.3 is 4.74 Å². The molecule has 0 unspecified atom stereocenters. The molecule has 1 N–H and O–H groups in total. The number of likely N-dealkylation sites (tertiary alicyclic amines) is 1. The SMILES string of the molecule is O=S(=O)(N[C@H]1CCO[C@@]2(CCN(Cc3ccsc3)C2)C1)C1CC1. The summed E-state index contributed by atoms with van der Waals surface area (Å²) in [6.07, 6.45) is 4.23. The summed E-state index contributed by atoms with van der Waals surface area (Å²) in [5, 5.41) is 4.17. The number of hydrogen-bond donors (Lipinski definition) is 1. The van der Waals surface area contributed by atoms with Gasteiger partial charge in [0.25, 0.3) is 0 Å². The van der Waals surface area contributed by atoms with Crippen molar-refractivity contribution in [2.45, 2.75) is 55.5 Å². The second-order valence-electron chi connectivity index (χ2n) is 7.18. The normalized spacial score (nSPS) is 32.6. The van der Waals surface area contributed by atoms with Crippen molar-refractivity contribution in [1.29, 1.82) is 0 Å². The molecule has 1 spiro atoms.